The van der Waals surface area contributed by atoms with Crippen molar-refractivity contribution in [1.29, 1.82) is 0 Å². The highest BCUT2D eigenvalue weighted by atomic mass is 19.4. The van der Waals surface area contributed by atoms with Gasteiger partial charge in [0.25, 0.3) is 0 Å². The van der Waals surface area contributed by atoms with Crippen molar-refractivity contribution < 1.29 is 27.8 Å². The molecule has 2 N–H and O–H groups in total. The number of aryl methyl sites for hydroxylation is 1. The standard InChI is InChI=1S/C12H12F3NO3/c13-12(14,15)10-4-2-8-5-7(6-16-11(17)18)1-3-9(8)19-10/h1,3,5,10,16H,2,4,6H2,(H,17,18). The van der Waals surface area contributed by atoms with E-state index in [0.717, 1.165) is 0 Å². The summed E-state index contributed by atoms with van der Waals surface area (Å²) in [6.07, 6.45) is -7.12. The van der Waals surface area contributed by atoms with Crippen molar-refractivity contribution in [3.8, 4) is 5.75 Å². The number of halogens is 3. The minimum Gasteiger partial charge on any atom is -0.481 e. The van der Waals surface area contributed by atoms with Gasteiger partial charge in [0.1, 0.15) is 5.75 Å². The fraction of sp³-hybridized carbons (Fsp3) is 0.417. The maximum absolute atomic E-state index is 12.5. The first-order chi connectivity index (χ1) is 8.86. The molecule has 19 heavy (non-hydrogen) atoms. The van der Waals surface area contributed by atoms with Crippen molar-refractivity contribution in [2.45, 2.75) is 31.7 Å². The summed E-state index contributed by atoms with van der Waals surface area (Å²) in [5, 5.41) is 10.7. The average molecular weight is 275 g/mol. The van der Waals surface area contributed by atoms with Gasteiger partial charge in [-0.3, -0.25) is 0 Å². The highest BCUT2D eigenvalue weighted by Gasteiger charge is 2.43. The summed E-state index contributed by atoms with van der Waals surface area (Å²) in [6, 6.07) is 4.66. The number of amides is 1. The highest BCUT2D eigenvalue weighted by molar-refractivity contribution is 5.64. The Morgan fingerprint density at radius 3 is 2.84 bits per heavy atom. The summed E-state index contributed by atoms with van der Waals surface area (Å²) >= 11 is 0. The Kier molecular flexibility index (Phi) is 3.55. The third kappa shape index (κ3) is 3.30. The van der Waals surface area contributed by atoms with E-state index in [-0.39, 0.29) is 25.1 Å². The van der Waals surface area contributed by atoms with Crippen LogP contribution in [0, 0.1) is 0 Å². The first kappa shape index (κ1) is 13.5. The molecule has 0 aromatic heterocycles. The maximum atomic E-state index is 12.5. The van der Waals surface area contributed by atoms with Crippen molar-refractivity contribution in [3.05, 3.63) is 29.3 Å². The third-order valence-corrected chi connectivity index (χ3v) is 2.88. The van der Waals surface area contributed by atoms with Crippen LogP contribution in [0.2, 0.25) is 0 Å². The van der Waals surface area contributed by atoms with Crippen molar-refractivity contribution in [2.75, 3.05) is 0 Å². The van der Waals surface area contributed by atoms with Crippen LogP contribution in [0.15, 0.2) is 18.2 Å². The lowest BCUT2D eigenvalue weighted by Crippen LogP contribution is -2.37. The van der Waals surface area contributed by atoms with E-state index in [4.69, 9.17) is 9.84 Å². The number of benzene rings is 1. The van der Waals surface area contributed by atoms with Gasteiger partial charge < -0.3 is 15.2 Å². The molecular weight excluding hydrogens is 263 g/mol. The first-order valence-electron chi connectivity index (χ1n) is 5.68. The van der Waals surface area contributed by atoms with E-state index in [2.05, 4.69) is 5.32 Å². The molecule has 1 aliphatic rings. The molecular formula is C12H12F3NO3. The molecule has 1 aliphatic heterocycles. The van der Waals surface area contributed by atoms with Gasteiger partial charge >= 0.3 is 12.3 Å². The van der Waals surface area contributed by atoms with E-state index in [9.17, 15) is 18.0 Å². The van der Waals surface area contributed by atoms with Gasteiger partial charge in [-0.2, -0.15) is 13.2 Å². The number of carbonyl (C=O) groups is 1. The predicted octanol–water partition coefficient (Wildman–Crippen LogP) is 2.71. The maximum Gasteiger partial charge on any atom is 0.425 e. The van der Waals surface area contributed by atoms with Gasteiger partial charge in [0, 0.05) is 6.54 Å². The number of nitrogens with one attached hydrogen (secondary N) is 1. The average Bonchev–Trinajstić information content (AvgIpc) is 2.34. The van der Waals surface area contributed by atoms with Crippen LogP contribution in [0.5, 0.6) is 5.75 Å². The summed E-state index contributed by atoms with van der Waals surface area (Å²) in [5.41, 5.74) is 1.36. The molecule has 104 valence electrons. The molecule has 1 unspecified atom stereocenters. The van der Waals surface area contributed by atoms with E-state index in [1.165, 1.54) is 6.07 Å². The molecule has 0 radical (unpaired) electrons. The van der Waals surface area contributed by atoms with E-state index < -0.39 is 18.4 Å². The fourth-order valence-corrected chi connectivity index (χ4v) is 1.96. The van der Waals surface area contributed by atoms with Gasteiger partial charge in [-0.1, -0.05) is 12.1 Å². The summed E-state index contributed by atoms with van der Waals surface area (Å²) in [5.74, 6) is 0.215. The molecule has 0 saturated carbocycles. The van der Waals surface area contributed by atoms with Crippen LogP contribution < -0.4 is 10.1 Å². The zero-order valence-electron chi connectivity index (χ0n) is 9.83. The molecule has 1 aromatic carbocycles. The number of fused-ring (bicyclic) bond motifs is 1. The van der Waals surface area contributed by atoms with Crippen LogP contribution in [-0.4, -0.2) is 23.5 Å². The Morgan fingerprint density at radius 2 is 2.21 bits per heavy atom. The van der Waals surface area contributed by atoms with Crippen molar-refractivity contribution in [2.24, 2.45) is 0 Å². The second-order valence-electron chi connectivity index (χ2n) is 4.29. The van der Waals surface area contributed by atoms with Crippen LogP contribution in [0.4, 0.5) is 18.0 Å². The van der Waals surface area contributed by atoms with Gasteiger partial charge in [-0.25, -0.2) is 4.79 Å². The molecule has 1 heterocycles. The normalized spacial score (nSPS) is 18.4. The van der Waals surface area contributed by atoms with Crippen LogP contribution in [-0.2, 0) is 13.0 Å². The Hall–Kier alpha value is -1.92. The molecule has 1 atom stereocenters. The van der Waals surface area contributed by atoms with Gasteiger partial charge in [-0.05, 0) is 30.0 Å². The molecule has 4 nitrogen and oxygen atoms in total. The van der Waals surface area contributed by atoms with Gasteiger partial charge in [0.15, 0.2) is 6.10 Å². The summed E-state index contributed by atoms with van der Waals surface area (Å²) in [6.45, 7) is 0.116. The van der Waals surface area contributed by atoms with Gasteiger partial charge in [0.2, 0.25) is 0 Å². The smallest absolute Gasteiger partial charge is 0.425 e. The lowest BCUT2D eigenvalue weighted by molar-refractivity contribution is -0.199. The van der Waals surface area contributed by atoms with Crippen LogP contribution >= 0.6 is 0 Å². The van der Waals surface area contributed by atoms with Crippen molar-refractivity contribution in [3.63, 3.8) is 0 Å². The number of alkyl halides is 3. The lowest BCUT2D eigenvalue weighted by atomic mass is 9.99. The SMILES string of the molecule is O=C(O)NCc1ccc2c(c1)CCC(C(F)(F)F)O2. The first-order valence-corrected chi connectivity index (χ1v) is 5.68. The zero-order chi connectivity index (χ0) is 14.0. The molecule has 0 fully saturated rings. The Labute approximate surface area is 107 Å². The minimum absolute atomic E-state index is 0.116. The summed E-state index contributed by atoms with van der Waals surface area (Å²) < 4.78 is 42.5. The summed E-state index contributed by atoms with van der Waals surface area (Å²) in [7, 11) is 0. The van der Waals surface area contributed by atoms with Crippen LogP contribution in [0.1, 0.15) is 17.5 Å². The van der Waals surface area contributed by atoms with E-state index in [1.54, 1.807) is 12.1 Å². The lowest BCUT2D eigenvalue weighted by Gasteiger charge is -2.28. The number of carboxylic acid groups (broad SMARTS) is 1. The molecule has 0 bridgehead atoms. The van der Waals surface area contributed by atoms with Gasteiger partial charge in [-0.15, -0.1) is 0 Å². The molecule has 2 rings (SSSR count). The molecule has 0 saturated heterocycles. The monoisotopic (exact) mass is 275 g/mol. The number of ether oxygens (including phenoxy) is 1. The topological polar surface area (TPSA) is 58.6 Å². The number of rotatable bonds is 2. The van der Waals surface area contributed by atoms with Crippen molar-refractivity contribution >= 4 is 6.09 Å². The molecule has 7 heteroatoms. The third-order valence-electron chi connectivity index (χ3n) is 2.88. The second-order valence-corrected chi connectivity index (χ2v) is 4.29. The molecule has 1 amide bonds. The molecule has 0 aliphatic carbocycles. The highest BCUT2D eigenvalue weighted by Crippen LogP contribution is 2.35. The summed E-state index contributed by atoms with van der Waals surface area (Å²) in [4.78, 5) is 10.4. The van der Waals surface area contributed by atoms with E-state index in [0.29, 0.717) is 11.1 Å². The second kappa shape index (κ2) is 4.99. The van der Waals surface area contributed by atoms with E-state index in [1.807, 2.05) is 0 Å². The van der Waals surface area contributed by atoms with Crippen molar-refractivity contribution in [1.82, 2.24) is 5.32 Å². The van der Waals surface area contributed by atoms with E-state index >= 15 is 0 Å². The number of hydrogen-bond donors (Lipinski definition) is 2. The Balaban J connectivity index is 2.10. The fourth-order valence-electron chi connectivity index (χ4n) is 1.96. The molecule has 1 aromatic rings. The predicted molar refractivity (Wildman–Crippen MR) is 60.1 cm³/mol. The number of hydrogen-bond acceptors (Lipinski definition) is 2. The van der Waals surface area contributed by atoms with Crippen LogP contribution in [0.3, 0.4) is 0 Å². The Bertz CT molecular complexity index is 488. The zero-order valence-corrected chi connectivity index (χ0v) is 9.83. The Morgan fingerprint density at radius 1 is 1.47 bits per heavy atom. The largest absolute Gasteiger partial charge is 0.481 e. The minimum atomic E-state index is -4.36. The van der Waals surface area contributed by atoms with Crippen LogP contribution in [0.25, 0.3) is 0 Å². The molecule has 0 spiro atoms. The van der Waals surface area contributed by atoms with Gasteiger partial charge in [0.05, 0.1) is 0 Å². The quantitative estimate of drug-likeness (QED) is 0.872.